The Labute approximate surface area is 518 Å². The first-order valence-electron chi connectivity index (χ1n) is 37.4. The largest absolute Gasteiger partial charge is 0.466 e. The molecule has 83 heavy (non-hydrogen) atoms. The fourth-order valence-electron chi connectivity index (χ4n) is 11.7. The van der Waals surface area contributed by atoms with Crippen LogP contribution in [0.1, 0.15) is 406 Å². The van der Waals surface area contributed by atoms with E-state index >= 15 is 0 Å². The maximum Gasteiger partial charge on any atom is 0.305 e. The molecule has 0 aliphatic heterocycles. The molecule has 6 heteroatoms. The van der Waals surface area contributed by atoms with Gasteiger partial charge in [0.25, 0.3) is 0 Å². The van der Waals surface area contributed by atoms with Crippen LogP contribution in [-0.2, 0) is 14.3 Å². The summed E-state index contributed by atoms with van der Waals surface area (Å²) in [6.45, 7) is 4.92. The summed E-state index contributed by atoms with van der Waals surface area (Å²) in [6.07, 6.45) is 94.7. The van der Waals surface area contributed by atoms with Gasteiger partial charge in [-0.25, -0.2) is 0 Å². The van der Waals surface area contributed by atoms with Gasteiger partial charge in [0.15, 0.2) is 0 Å². The van der Waals surface area contributed by atoms with Gasteiger partial charge in [-0.05, 0) is 83.5 Å². The number of amides is 1. The molecule has 0 spiro atoms. The Kier molecular flexibility index (Phi) is 70.4. The van der Waals surface area contributed by atoms with Crippen molar-refractivity contribution in [3.05, 3.63) is 48.6 Å². The lowest BCUT2D eigenvalue weighted by molar-refractivity contribution is -0.143. The Morgan fingerprint density at radius 1 is 0.337 bits per heavy atom. The summed E-state index contributed by atoms with van der Waals surface area (Å²) in [4.78, 5) is 24.6. The fraction of sp³-hybridized carbons (Fsp3) is 0.870. The third kappa shape index (κ3) is 68.8. The molecule has 0 saturated heterocycles. The lowest BCUT2D eigenvalue weighted by Gasteiger charge is -2.22. The number of rotatable bonds is 70. The average molecular weight is 1170 g/mol. The molecule has 0 heterocycles. The summed E-state index contributed by atoms with van der Waals surface area (Å²) < 4.78 is 5.48. The van der Waals surface area contributed by atoms with E-state index < -0.39 is 12.1 Å². The summed E-state index contributed by atoms with van der Waals surface area (Å²) in [7, 11) is 0. The molecule has 0 aromatic carbocycles. The third-order valence-electron chi connectivity index (χ3n) is 17.3. The Bertz CT molecular complexity index is 1390. The minimum absolute atomic E-state index is 0.00151. The number of unbranched alkanes of at least 4 members (excludes halogenated alkanes) is 51. The molecule has 3 N–H and O–H groups in total. The first-order valence-corrected chi connectivity index (χ1v) is 37.4. The molecule has 488 valence electrons. The molecule has 0 fully saturated rings. The molecule has 6 nitrogen and oxygen atoms in total. The molecular weight excluding hydrogens is 1020 g/mol. The van der Waals surface area contributed by atoms with Gasteiger partial charge in [0.2, 0.25) is 5.91 Å². The minimum atomic E-state index is -0.664. The first kappa shape index (κ1) is 80.8. The molecule has 0 radical (unpaired) electrons. The molecule has 1 amide bonds. The van der Waals surface area contributed by atoms with E-state index in [9.17, 15) is 19.8 Å². The Morgan fingerprint density at radius 3 is 0.964 bits per heavy atom. The zero-order valence-electron chi connectivity index (χ0n) is 55.9. The van der Waals surface area contributed by atoms with E-state index in [1.54, 1.807) is 0 Å². The molecule has 2 unspecified atom stereocenters. The molecule has 2 atom stereocenters. The van der Waals surface area contributed by atoms with E-state index in [1.807, 2.05) is 0 Å². The van der Waals surface area contributed by atoms with Crippen LogP contribution in [-0.4, -0.2) is 47.4 Å². The molecule has 0 aliphatic rings. The topological polar surface area (TPSA) is 95.9 Å². The Morgan fingerprint density at radius 2 is 0.627 bits per heavy atom. The van der Waals surface area contributed by atoms with Crippen LogP contribution in [0.4, 0.5) is 0 Å². The van der Waals surface area contributed by atoms with E-state index in [4.69, 9.17) is 4.74 Å². The number of nitrogens with one attached hydrogen (secondary N) is 1. The third-order valence-corrected chi connectivity index (χ3v) is 17.3. The first-order chi connectivity index (χ1) is 41.0. The zero-order valence-corrected chi connectivity index (χ0v) is 55.9. The van der Waals surface area contributed by atoms with E-state index in [2.05, 4.69) is 67.8 Å². The van der Waals surface area contributed by atoms with Gasteiger partial charge in [0, 0.05) is 12.8 Å². The molecule has 0 rings (SSSR count). The normalized spacial score (nSPS) is 12.8. The molecule has 0 aromatic heterocycles. The van der Waals surface area contributed by atoms with Crippen molar-refractivity contribution in [3.63, 3.8) is 0 Å². The second kappa shape index (κ2) is 72.3. The van der Waals surface area contributed by atoms with Crippen LogP contribution in [0.25, 0.3) is 0 Å². The van der Waals surface area contributed by atoms with E-state index in [0.717, 1.165) is 57.8 Å². The van der Waals surface area contributed by atoms with Crippen molar-refractivity contribution in [2.45, 2.75) is 418 Å². The van der Waals surface area contributed by atoms with Gasteiger partial charge in [0.05, 0.1) is 25.4 Å². The van der Waals surface area contributed by atoms with Gasteiger partial charge in [-0.15, -0.1) is 0 Å². The van der Waals surface area contributed by atoms with Crippen LogP contribution >= 0.6 is 0 Å². The molecule has 0 aliphatic carbocycles. The maximum atomic E-state index is 12.5. The van der Waals surface area contributed by atoms with Crippen LogP contribution in [0.3, 0.4) is 0 Å². The summed E-state index contributed by atoms with van der Waals surface area (Å²) in [6, 6.07) is -0.541. The van der Waals surface area contributed by atoms with Gasteiger partial charge in [-0.1, -0.05) is 358 Å². The smallest absolute Gasteiger partial charge is 0.305 e. The molecule has 0 aromatic rings. The maximum absolute atomic E-state index is 12.5. The summed E-state index contributed by atoms with van der Waals surface area (Å²) in [5.74, 6) is -0.0276. The van der Waals surface area contributed by atoms with Gasteiger partial charge in [0.1, 0.15) is 0 Å². The number of carbonyl (C=O) groups excluding carboxylic acids is 2. The predicted octanol–water partition coefficient (Wildman–Crippen LogP) is 24.4. The minimum Gasteiger partial charge on any atom is -0.466 e. The van der Waals surface area contributed by atoms with Crippen molar-refractivity contribution >= 4 is 11.9 Å². The number of hydrogen-bond acceptors (Lipinski definition) is 5. The zero-order chi connectivity index (χ0) is 59.9. The molecular formula is C77H145NO5. The Hall–Kier alpha value is -2.18. The highest BCUT2D eigenvalue weighted by molar-refractivity contribution is 5.76. The van der Waals surface area contributed by atoms with E-state index in [-0.39, 0.29) is 18.5 Å². The number of allylic oxidation sites excluding steroid dienone is 8. The number of ether oxygens (including phenoxy) is 1. The van der Waals surface area contributed by atoms with Crippen molar-refractivity contribution in [1.82, 2.24) is 5.32 Å². The average Bonchev–Trinajstić information content (AvgIpc) is 3.49. The highest BCUT2D eigenvalue weighted by Gasteiger charge is 2.20. The highest BCUT2D eigenvalue weighted by Crippen LogP contribution is 2.19. The van der Waals surface area contributed by atoms with Crippen molar-refractivity contribution in [1.29, 1.82) is 0 Å². The van der Waals surface area contributed by atoms with Crippen LogP contribution < -0.4 is 5.32 Å². The lowest BCUT2D eigenvalue weighted by Crippen LogP contribution is -2.45. The quantitative estimate of drug-likeness (QED) is 0.0320. The van der Waals surface area contributed by atoms with Gasteiger partial charge in [-0.3, -0.25) is 9.59 Å². The van der Waals surface area contributed by atoms with E-state index in [1.165, 1.54) is 315 Å². The second-order valence-electron chi connectivity index (χ2n) is 25.6. The summed E-state index contributed by atoms with van der Waals surface area (Å²) in [5, 5.41) is 23.4. The number of aliphatic hydroxyl groups excluding tert-OH is 2. The number of esters is 1. The predicted molar refractivity (Wildman–Crippen MR) is 366 cm³/mol. The van der Waals surface area contributed by atoms with Crippen molar-refractivity contribution in [2.24, 2.45) is 0 Å². The molecule has 0 bridgehead atoms. The Balaban J connectivity index is 3.38. The van der Waals surface area contributed by atoms with Crippen LogP contribution in [0, 0.1) is 0 Å². The van der Waals surface area contributed by atoms with Crippen LogP contribution in [0.5, 0.6) is 0 Å². The number of aliphatic hydroxyl groups is 2. The van der Waals surface area contributed by atoms with Crippen LogP contribution in [0.2, 0.25) is 0 Å². The number of carbonyl (C=O) groups is 2. The van der Waals surface area contributed by atoms with Crippen molar-refractivity contribution in [3.8, 4) is 0 Å². The van der Waals surface area contributed by atoms with Gasteiger partial charge >= 0.3 is 5.97 Å². The second-order valence-corrected chi connectivity index (χ2v) is 25.6. The summed E-state index contributed by atoms with van der Waals surface area (Å²) in [5.41, 5.74) is 0. The SMILES string of the molecule is CCC/C=C\C/C=C\CCCCCCCC(=O)OCCCCCCCCCCCCC/C=C\C/C=C\CCCCCCCCCCCCCCCCCCCC(=O)NC(CO)C(O)CCCCCCCCCCCCCCCCCCCC. The van der Waals surface area contributed by atoms with Gasteiger partial charge < -0.3 is 20.3 Å². The number of hydrogen-bond donors (Lipinski definition) is 3. The van der Waals surface area contributed by atoms with Crippen LogP contribution in [0.15, 0.2) is 48.6 Å². The van der Waals surface area contributed by atoms with Crippen molar-refractivity contribution in [2.75, 3.05) is 13.2 Å². The standard InChI is InChI=1S/C77H145NO5/c1-3-5-7-9-11-13-15-17-18-19-39-42-46-49-53-57-61-65-69-75(80)74(73-79)78-76(81)70-66-62-58-54-50-47-43-40-37-35-33-31-29-27-25-23-21-20-22-24-26-28-30-32-34-36-38-41-44-48-52-56-60-64-68-72-83-77(82)71-67-63-59-55-51-45-16-14-12-10-8-6-4-2/h8,10,14,16,22,24,28,30,74-75,79-80H,3-7,9,11-13,15,17-21,23,25-27,29,31-73H2,1-2H3,(H,78,81)/b10-8-,16-14-,24-22-,30-28-. The molecule has 0 saturated carbocycles. The van der Waals surface area contributed by atoms with Gasteiger partial charge in [-0.2, -0.15) is 0 Å². The highest BCUT2D eigenvalue weighted by atomic mass is 16.5. The lowest BCUT2D eigenvalue weighted by atomic mass is 10.0. The van der Waals surface area contributed by atoms with Crippen molar-refractivity contribution < 1.29 is 24.5 Å². The monoisotopic (exact) mass is 1160 g/mol. The fourth-order valence-corrected chi connectivity index (χ4v) is 11.7. The van der Waals surface area contributed by atoms with E-state index in [0.29, 0.717) is 25.9 Å². The summed E-state index contributed by atoms with van der Waals surface area (Å²) >= 11 is 0.